The van der Waals surface area contributed by atoms with E-state index in [4.69, 9.17) is 20.2 Å². The molecule has 2 aromatic carbocycles. The van der Waals surface area contributed by atoms with Gasteiger partial charge >= 0.3 is 6.18 Å². The zero-order valence-electron chi connectivity index (χ0n) is 19.0. The van der Waals surface area contributed by atoms with Crippen LogP contribution in [0.3, 0.4) is 0 Å². The molecule has 0 radical (unpaired) electrons. The Hall–Kier alpha value is -3.52. The molecule has 2 amide bonds. The maximum atomic E-state index is 15.0. The van der Waals surface area contributed by atoms with Crippen molar-refractivity contribution in [3.05, 3.63) is 58.9 Å². The number of nitriles is 1. The first-order valence-corrected chi connectivity index (χ1v) is 10.1. The number of hydrogen-bond donors (Lipinski definition) is 1. The van der Waals surface area contributed by atoms with E-state index in [1.165, 1.54) is 13.1 Å². The van der Waals surface area contributed by atoms with Gasteiger partial charge in [-0.1, -0.05) is 0 Å². The fourth-order valence-electron chi connectivity index (χ4n) is 4.00. The van der Waals surface area contributed by atoms with Crippen LogP contribution in [0.4, 0.5) is 28.9 Å². The maximum Gasteiger partial charge on any atom is 0.417 e. The number of rotatable bonds is 3. The normalized spacial score (nSPS) is 18.1. The molecule has 0 aromatic heterocycles. The molecule has 6 nitrogen and oxygen atoms in total. The summed E-state index contributed by atoms with van der Waals surface area (Å²) in [7, 11) is 1.26. The fourth-order valence-corrected chi connectivity index (χ4v) is 4.45. The molecule has 2 fully saturated rings. The van der Waals surface area contributed by atoms with Gasteiger partial charge in [-0.25, -0.2) is 4.39 Å². The van der Waals surface area contributed by atoms with E-state index in [0.29, 0.717) is 12.5 Å². The number of nitrogens with one attached hydrogen (secondary N) is 1. The smallest absolute Gasteiger partial charge is 0.355 e. The highest BCUT2D eigenvalue weighted by Crippen LogP contribution is 2.48. The molecule has 170 valence electrons. The molecule has 0 bridgehead atoms. The van der Waals surface area contributed by atoms with Crippen LogP contribution in [0.25, 0.3) is 0 Å². The van der Waals surface area contributed by atoms with Crippen LogP contribution in [0.15, 0.2) is 36.4 Å². The van der Waals surface area contributed by atoms with E-state index in [0.717, 1.165) is 28.0 Å². The summed E-state index contributed by atoms with van der Waals surface area (Å²) >= 11 is 5.44. The SMILES string of the molecule is [2H]c1cc(C(=O)NC)c(F)c([2H])c1N1C(=S)N(c2ccc(C#N)c(C(F)(F)F)c2)C(=O)C12CCC2. The average Bonchev–Trinajstić information content (AvgIpc) is 3.01. The number of thiocarbonyl (C=S) groups is 1. The summed E-state index contributed by atoms with van der Waals surface area (Å²) in [6, 6.07) is 3.79. The monoisotopic (exact) mass is 478 g/mol. The predicted octanol–water partition coefficient (Wildman–Crippen LogP) is 4.14. The molecular weight excluding hydrogens is 460 g/mol. The number of halogens is 4. The molecule has 1 aliphatic heterocycles. The van der Waals surface area contributed by atoms with Gasteiger partial charge in [0.2, 0.25) is 0 Å². The summed E-state index contributed by atoms with van der Waals surface area (Å²) in [5, 5.41) is 10.9. The van der Waals surface area contributed by atoms with Crippen molar-refractivity contribution < 1.29 is 29.9 Å². The second kappa shape index (κ2) is 7.81. The largest absolute Gasteiger partial charge is 0.417 e. The third kappa shape index (κ3) is 3.41. The molecule has 1 aliphatic carbocycles. The number of benzene rings is 2. The van der Waals surface area contributed by atoms with E-state index in [-0.39, 0.29) is 29.3 Å². The molecule has 1 heterocycles. The minimum atomic E-state index is -4.87. The number of amides is 2. The van der Waals surface area contributed by atoms with Crippen molar-refractivity contribution in [1.29, 1.82) is 5.26 Å². The van der Waals surface area contributed by atoms with Crippen molar-refractivity contribution in [2.75, 3.05) is 16.8 Å². The van der Waals surface area contributed by atoms with E-state index in [9.17, 15) is 27.2 Å². The third-order valence-corrected chi connectivity index (χ3v) is 6.16. The molecule has 2 aromatic rings. The van der Waals surface area contributed by atoms with Crippen molar-refractivity contribution in [3.8, 4) is 6.07 Å². The van der Waals surface area contributed by atoms with Gasteiger partial charge in [-0.15, -0.1) is 0 Å². The molecule has 1 saturated carbocycles. The number of nitrogens with zero attached hydrogens (tertiary/aromatic N) is 3. The van der Waals surface area contributed by atoms with E-state index >= 15 is 0 Å². The zero-order valence-corrected chi connectivity index (χ0v) is 17.8. The molecule has 0 unspecified atom stereocenters. The average molecular weight is 478 g/mol. The summed E-state index contributed by atoms with van der Waals surface area (Å²) in [5.41, 5.74) is -4.44. The lowest BCUT2D eigenvalue weighted by atomic mass is 9.75. The highest BCUT2D eigenvalue weighted by Gasteiger charge is 2.59. The molecule has 33 heavy (non-hydrogen) atoms. The standard InChI is InChI=1S/C22H16F4N4O2S/c1-28-18(31)15-6-5-14(10-17(15)23)30-20(33)29(19(32)21(30)7-2-8-21)13-4-3-12(11-27)16(9-13)22(24,25)26/h3-6,9-10H,2,7-8H2,1H3,(H,28,31)/i5D,10D. The fraction of sp³-hybridized carbons (Fsp3) is 0.273. The first-order chi connectivity index (χ1) is 16.4. The Labute approximate surface area is 194 Å². The Morgan fingerprint density at radius 1 is 1.30 bits per heavy atom. The van der Waals surface area contributed by atoms with Gasteiger partial charge in [0.25, 0.3) is 11.8 Å². The molecule has 1 spiro atoms. The van der Waals surface area contributed by atoms with Gasteiger partial charge in [0.1, 0.15) is 11.4 Å². The van der Waals surface area contributed by atoms with Gasteiger partial charge in [-0.3, -0.25) is 14.5 Å². The Morgan fingerprint density at radius 2 is 2.00 bits per heavy atom. The van der Waals surface area contributed by atoms with Crippen molar-refractivity contribution in [2.45, 2.75) is 31.0 Å². The second-order valence-electron chi connectivity index (χ2n) is 7.55. The number of anilines is 2. The van der Waals surface area contributed by atoms with Gasteiger partial charge in [0, 0.05) is 12.7 Å². The minimum absolute atomic E-state index is 0.211. The lowest BCUT2D eigenvalue weighted by Crippen LogP contribution is -2.55. The Kier molecular flexibility index (Phi) is 4.76. The van der Waals surface area contributed by atoms with Crippen LogP contribution in [0.1, 0.15) is 43.5 Å². The Bertz CT molecular complexity index is 1340. The predicted molar refractivity (Wildman–Crippen MR) is 115 cm³/mol. The van der Waals surface area contributed by atoms with Crippen LogP contribution in [0.5, 0.6) is 0 Å². The Balaban J connectivity index is 1.89. The van der Waals surface area contributed by atoms with Crippen molar-refractivity contribution >= 4 is 40.5 Å². The summed E-state index contributed by atoms with van der Waals surface area (Å²) in [6.45, 7) is 0. The number of alkyl halides is 3. The first-order valence-electron chi connectivity index (χ1n) is 10.7. The minimum Gasteiger partial charge on any atom is -0.355 e. The van der Waals surface area contributed by atoms with Gasteiger partial charge in [0.05, 0.1) is 31.2 Å². The molecule has 2 aliphatic rings. The van der Waals surface area contributed by atoms with E-state index < -0.39 is 58.1 Å². The van der Waals surface area contributed by atoms with E-state index in [1.807, 2.05) is 0 Å². The van der Waals surface area contributed by atoms with Gasteiger partial charge in [-0.2, -0.15) is 18.4 Å². The van der Waals surface area contributed by atoms with E-state index in [2.05, 4.69) is 5.32 Å². The van der Waals surface area contributed by atoms with Crippen LogP contribution < -0.4 is 15.1 Å². The van der Waals surface area contributed by atoms with Crippen molar-refractivity contribution in [1.82, 2.24) is 5.32 Å². The van der Waals surface area contributed by atoms with Gasteiger partial charge < -0.3 is 10.2 Å². The highest BCUT2D eigenvalue weighted by atomic mass is 32.1. The Morgan fingerprint density at radius 3 is 2.55 bits per heavy atom. The van der Waals surface area contributed by atoms with Crippen LogP contribution in [-0.4, -0.2) is 29.5 Å². The number of carbonyl (C=O) groups is 2. The number of carbonyl (C=O) groups excluding carboxylic acids is 2. The summed E-state index contributed by atoms with van der Waals surface area (Å²) < 4.78 is 72.2. The first kappa shape index (κ1) is 20.1. The summed E-state index contributed by atoms with van der Waals surface area (Å²) in [6.07, 6.45) is -3.90. The van der Waals surface area contributed by atoms with Crippen molar-refractivity contribution in [3.63, 3.8) is 0 Å². The van der Waals surface area contributed by atoms with Gasteiger partial charge in [-0.05, 0) is 67.8 Å². The third-order valence-electron chi connectivity index (χ3n) is 5.79. The zero-order chi connectivity index (χ0) is 25.9. The van der Waals surface area contributed by atoms with Crippen LogP contribution in [0, 0.1) is 17.1 Å². The molecule has 1 N–H and O–H groups in total. The van der Waals surface area contributed by atoms with Gasteiger partial charge in [0.15, 0.2) is 5.11 Å². The lowest BCUT2D eigenvalue weighted by molar-refractivity contribution is -0.137. The maximum absolute atomic E-state index is 15.0. The lowest BCUT2D eigenvalue weighted by Gasteiger charge is -2.43. The van der Waals surface area contributed by atoms with Crippen LogP contribution in [0.2, 0.25) is 0 Å². The van der Waals surface area contributed by atoms with Crippen LogP contribution >= 0.6 is 12.2 Å². The quantitative estimate of drug-likeness (QED) is 0.530. The van der Waals surface area contributed by atoms with Crippen LogP contribution in [-0.2, 0) is 11.0 Å². The number of hydrogen-bond acceptors (Lipinski definition) is 4. The molecular formula is C22H16F4N4O2S. The van der Waals surface area contributed by atoms with E-state index in [1.54, 1.807) is 0 Å². The second-order valence-corrected chi connectivity index (χ2v) is 7.92. The summed E-state index contributed by atoms with van der Waals surface area (Å²) in [5.74, 6) is -2.76. The van der Waals surface area contributed by atoms with Crippen molar-refractivity contribution in [2.24, 2.45) is 0 Å². The summed E-state index contributed by atoms with van der Waals surface area (Å²) in [4.78, 5) is 27.5. The molecule has 11 heteroatoms. The molecule has 4 rings (SSSR count). The molecule has 1 saturated heterocycles. The highest BCUT2D eigenvalue weighted by molar-refractivity contribution is 7.81. The molecule has 0 atom stereocenters. The topological polar surface area (TPSA) is 76.4 Å².